The number of para-hydroxylation sites is 1. The average molecular weight is 360 g/mol. The number of anilines is 2. The van der Waals surface area contributed by atoms with Gasteiger partial charge in [-0.05, 0) is 54.3 Å². The Morgan fingerprint density at radius 2 is 1.85 bits per heavy atom. The molecule has 1 N–H and O–H groups in total. The maximum absolute atomic E-state index is 12.7. The summed E-state index contributed by atoms with van der Waals surface area (Å²) in [5.41, 5.74) is 4.74. The smallest absolute Gasteiger partial charge is 0.272 e. The number of aromatic nitrogens is 2. The summed E-state index contributed by atoms with van der Waals surface area (Å²) in [7, 11) is 1.80. The molecule has 2 heterocycles. The second kappa shape index (κ2) is 8.94. The Balaban J connectivity index is 1.68. The molecular formula is C22H24N4O. The van der Waals surface area contributed by atoms with Crippen molar-refractivity contribution >= 4 is 17.3 Å². The van der Waals surface area contributed by atoms with Gasteiger partial charge >= 0.3 is 0 Å². The minimum atomic E-state index is -0.0866. The second-order valence-corrected chi connectivity index (χ2v) is 6.40. The van der Waals surface area contributed by atoms with Gasteiger partial charge in [0.25, 0.3) is 5.91 Å². The molecular weight excluding hydrogens is 336 g/mol. The summed E-state index contributed by atoms with van der Waals surface area (Å²) in [6.07, 6.45) is 6.93. The standard InChI is InChI=1S/C22H24N4O/c1-3-18-6-4-5-7-20(18)25-19-10-14-24-21(16-19)22(27)26(2)15-11-17-8-12-23-13-9-17/h4-10,12-14,16H,3,11,15H2,1-2H3,(H,24,25). The lowest BCUT2D eigenvalue weighted by Crippen LogP contribution is -2.29. The van der Waals surface area contributed by atoms with E-state index in [4.69, 9.17) is 0 Å². The number of hydrogen-bond donors (Lipinski definition) is 1. The lowest BCUT2D eigenvalue weighted by atomic mass is 10.1. The van der Waals surface area contributed by atoms with Crippen molar-refractivity contribution in [3.8, 4) is 0 Å². The van der Waals surface area contributed by atoms with E-state index in [-0.39, 0.29) is 5.91 Å². The number of carbonyl (C=O) groups is 1. The summed E-state index contributed by atoms with van der Waals surface area (Å²) in [6, 6.07) is 15.8. The summed E-state index contributed by atoms with van der Waals surface area (Å²) in [5, 5.41) is 3.40. The Bertz CT molecular complexity index is 896. The zero-order valence-corrected chi connectivity index (χ0v) is 15.7. The Kier molecular flexibility index (Phi) is 6.15. The molecule has 1 aromatic carbocycles. The second-order valence-electron chi connectivity index (χ2n) is 6.40. The first kappa shape index (κ1) is 18.6. The zero-order valence-electron chi connectivity index (χ0n) is 15.7. The molecule has 1 amide bonds. The molecule has 0 spiro atoms. The molecule has 3 aromatic rings. The molecule has 0 aliphatic rings. The van der Waals surface area contributed by atoms with Gasteiger partial charge in [0, 0.05) is 43.6 Å². The van der Waals surface area contributed by atoms with Gasteiger partial charge in [0.15, 0.2) is 0 Å². The monoisotopic (exact) mass is 360 g/mol. The third-order valence-electron chi connectivity index (χ3n) is 4.49. The highest BCUT2D eigenvalue weighted by atomic mass is 16.2. The predicted octanol–water partition coefficient (Wildman–Crippen LogP) is 4.10. The van der Waals surface area contributed by atoms with Gasteiger partial charge in [-0.25, -0.2) is 0 Å². The average Bonchev–Trinajstić information content (AvgIpc) is 2.73. The summed E-state index contributed by atoms with van der Waals surface area (Å²) in [5.74, 6) is -0.0866. The van der Waals surface area contributed by atoms with Crippen LogP contribution in [0.5, 0.6) is 0 Å². The number of carbonyl (C=O) groups excluding carboxylic acids is 1. The van der Waals surface area contributed by atoms with E-state index in [2.05, 4.69) is 28.3 Å². The maximum atomic E-state index is 12.7. The number of likely N-dealkylation sites (N-methyl/N-ethyl adjacent to an activating group) is 1. The number of nitrogens with one attached hydrogen (secondary N) is 1. The molecule has 0 aliphatic carbocycles. The molecule has 0 unspecified atom stereocenters. The van der Waals surface area contributed by atoms with Crippen LogP contribution in [0.25, 0.3) is 0 Å². The fourth-order valence-electron chi connectivity index (χ4n) is 2.87. The van der Waals surface area contributed by atoms with Gasteiger partial charge in [-0.2, -0.15) is 0 Å². The van der Waals surface area contributed by atoms with Gasteiger partial charge in [0.05, 0.1) is 0 Å². The topological polar surface area (TPSA) is 58.1 Å². The van der Waals surface area contributed by atoms with E-state index in [0.717, 1.165) is 29.8 Å². The van der Waals surface area contributed by atoms with Crippen LogP contribution >= 0.6 is 0 Å². The highest BCUT2D eigenvalue weighted by Crippen LogP contribution is 2.21. The summed E-state index contributed by atoms with van der Waals surface area (Å²) >= 11 is 0. The number of amides is 1. The van der Waals surface area contributed by atoms with Crippen LogP contribution in [0.2, 0.25) is 0 Å². The molecule has 3 rings (SSSR count). The van der Waals surface area contributed by atoms with E-state index >= 15 is 0 Å². The van der Waals surface area contributed by atoms with Crippen molar-refractivity contribution in [3.05, 3.63) is 83.9 Å². The zero-order chi connectivity index (χ0) is 19.1. The number of benzene rings is 1. The quantitative estimate of drug-likeness (QED) is 0.689. The Labute approximate surface area is 160 Å². The van der Waals surface area contributed by atoms with Crippen LogP contribution in [0.1, 0.15) is 28.5 Å². The van der Waals surface area contributed by atoms with Crippen LogP contribution < -0.4 is 5.32 Å². The van der Waals surface area contributed by atoms with E-state index in [1.807, 2.05) is 36.4 Å². The van der Waals surface area contributed by atoms with E-state index in [9.17, 15) is 4.79 Å². The van der Waals surface area contributed by atoms with Gasteiger partial charge in [-0.1, -0.05) is 25.1 Å². The van der Waals surface area contributed by atoms with Crippen LogP contribution in [-0.4, -0.2) is 34.4 Å². The summed E-state index contributed by atoms with van der Waals surface area (Å²) in [4.78, 5) is 22.7. The molecule has 0 saturated carbocycles. The van der Waals surface area contributed by atoms with Crippen LogP contribution in [-0.2, 0) is 12.8 Å². The lowest BCUT2D eigenvalue weighted by molar-refractivity contribution is 0.0791. The van der Waals surface area contributed by atoms with Crippen molar-refractivity contribution in [1.82, 2.24) is 14.9 Å². The third kappa shape index (κ3) is 4.91. The number of nitrogens with zero attached hydrogens (tertiary/aromatic N) is 3. The van der Waals surface area contributed by atoms with E-state index in [1.54, 1.807) is 36.6 Å². The van der Waals surface area contributed by atoms with Crippen LogP contribution in [0.4, 0.5) is 11.4 Å². The minimum absolute atomic E-state index is 0.0866. The molecule has 5 nitrogen and oxygen atoms in total. The lowest BCUT2D eigenvalue weighted by Gasteiger charge is -2.17. The molecule has 5 heteroatoms. The van der Waals surface area contributed by atoms with E-state index in [0.29, 0.717) is 12.2 Å². The minimum Gasteiger partial charge on any atom is -0.355 e. The number of rotatable bonds is 7. The fourth-order valence-corrected chi connectivity index (χ4v) is 2.87. The van der Waals surface area contributed by atoms with Gasteiger partial charge in [-0.3, -0.25) is 14.8 Å². The van der Waals surface area contributed by atoms with Crippen LogP contribution in [0.15, 0.2) is 67.1 Å². The van der Waals surface area contributed by atoms with Crippen LogP contribution in [0.3, 0.4) is 0 Å². The Hall–Kier alpha value is -3.21. The molecule has 138 valence electrons. The van der Waals surface area contributed by atoms with Crippen molar-refractivity contribution in [3.63, 3.8) is 0 Å². The SMILES string of the molecule is CCc1ccccc1Nc1ccnc(C(=O)N(C)CCc2ccncc2)c1. The molecule has 2 aromatic heterocycles. The van der Waals surface area contributed by atoms with Gasteiger partial charge in [0.1, 0.15) is 5.69 Å². The number of hydrogen-bond acceptors (Lipinski definition) is 4. The molecule has 0 aliphatic heterocycles. The largest absolute Gasteiger partial charge is 0.355 e. The van der Waals surface area contributed by atoms with Gasteiger partial charge in [-0.15, -0.1) is 0 Å². The summed E-state index contributed by atoms with van der Waals surface area (Å²) < 4.78 is 0. The first-order valence-electron chi connectivity index (χ1n) is 9.12. The highest BCUT2D eigenvalue weighted by molar-refractivity contribution is 5.93. The normalized spacial score (nSPS) is 10.4. The summed E-state index contributed by atoms with van der Waals surface area (Å²) in [6.45, 7) is 2.75. The predicted molar refractivity (Wildman–Crippen MR) is 108 cm³/mol. The van der Waals surface area contributed by atoms with Crippen molar-refractivity contribution in [2.24, 2.45) is 0 Å². The van der Waals surface area contributed by atoms with Crippen LogP contribution in [0, 0.1) is 0 Å². The first-order chi connectivity index (χ1) is 13.2. The first-order valence-corrected chi connectivity index (χ1v) is 9.12. The highest BCUT2D eigenvalue weighted by Gasteiger charge is 2.14. The van der Waals surface area contributed by atoms with Crippen molar-refractivity contribution < 1.29 is 4.79 Å². The number of pyridine rings is 2. The van der Waals surface area contributed by atoms with Crippen molar-refractivity contribution in [2.45, 2.75) is 19.8 Å². The Morgan fingerprint density at radius 1 is 1.07 bits per heavy atom. The molecule has 0 saturated heterocycles. The fraction of sp³-hybridized carbons (Fsp3) is 0.227. The third-order valence-corrected chi connectivity index (χ3v) is 4.49. The van der Waals surface area contributed by atoms with E-state index < -0.39 is 0 Å². The maximum Gasteiger partial charge on any atom is 0.272 e. The Morgan fingerprint density at radius 3 is 2.63 bits per heavy atom. The van der Waals surface area contributed by atoms with Gasteiger partial charge in [0.2, 0.25) is 0 Å². The molecule has 0 fully saturated rings. The number of aryl methyl sites for hydroxylation is 1. The molecule has 0 radical (unpaired) electrons. The van der Waals surface area contributed by atoms with Gasteiger partial charge < -0.3 is 10.2 Å². The van der Waals surface area contributed by atoms with E-state index in [1.165, 1.54) is 5.56 Å². The molecule has 0 atom stereocenters. The van der Waals surface area contributed by atoms with Crippen molar-refractivity contribution in [1.29, 1.82) is 0 Å². The van der Waals surface area contributed by atoms with Crippen molar-refractivity contribution in [2.75, 3.05) is 18.9 Å². The molecule has 0 bridgehead atoms. The molecule has 27 heavy (non-hydrogen) atoms.